The quantitative estimate of drug-likeness (QED) is 0.209. The lowest BCUT2D eigenvalue weighted by atomic mass is 10.0. The topological polar surface area (TPSA) is 12.0 Å². The van der Waals surface area contributed by atoms with Gasteiger partial charge in [0.1, 0.15) is 0 Å². The van der Waals surface area contributed by atoms with Crippen LogP contribution in [0.5, 0.6) is 0 Å². The maximum atomic E-state index is 3.62. The molecule has 1 nitrogen and oxygen atoms in total. The van der Waals surface area contributed by atoms with E-state index in [0.29, 0.717) is 0 Å². The van der Waals surface area contributed by atoms with Crippen LogP contribution in [0.2, 0.25) is 0 Å². The summed E-state index contributed by atoms with van der Waals surface area (Å²) in [7, 11) is 0. The first kappa shape index (κ1) is 41.6. The lowest BCUT2D eigenvalue weighted by Crippen LogP contribution is -2.29. The third-order valence-electron chi connectivity index (χ3n) is 6.27. The third-order valence-corrected chi connectivity index (χ3v) is 6.27. The van der Waals surface area contributed by atoms with Crippen LogP contribution in [-0.2, 0) is 0 Å². The maximum absolute atomic E-state index is 3.62. The Morgan fingerprint density at radius 1 is 0.692 bits per heavy atom. The van der Waals surface area contributed by atoms with Gasteiger partial charge in [0.25, 0.3) is 0 Å². The molecule has 1 N–H and O–H groups in total. The van der Waals surface area contributed by atoms with Gasteiger partial charge in [0.15, 0.2) is 0 Å². The van der Waals surface area contributed by atoms with E-state index in [1.54, 1.807) is 0 Å². The molecule has 0 aliphatic carbocycles. The molecule has 2 aromatic rings. The highest BCUT2D eigenvalue weighted by Crippen LogP contribution is 2.20. The van der Waals surface area contributed by atoms with Crippen LogP contribution in [0.1, 0.15) is 156 Å². The fourth-order valence-corrected chi connectivity index (χ4v) is 3.48. The summed E-state index contributed by atoms with van der Waals surface area (Å²) in [6.07, 6.45) is 15.5. The van der Waals surface area contributed by atoms with Crippen LogP contribution in [0.4, 0.5) is 0 Å². The van der Waals surface area contributed by atoms with Crippen molar-refractivity contribution in [2.75, 3.05) is 6.54 Å². The van der Waals surface area contributed by atoms with Crippen molar-refractivity contribution in [2.24, 2.45) is 0 Å². The van der Waals surface area contributed by atoms with Crippen LogP contribution in [0.25, 0.3) is 11.6 Å². The summed E-state index contributed by atoms with van der Waals surface area (Å²) in [5.74, 6) is 0. The monoisotopic (exact) mass is 540 g/mol. The second-order valence-electron chi connectivity index (χ2n) is 10.1. The molecule has 0 amide bonds. The fourth-order valence-electron chi connectivity index (χ4n) is 3.48. The Morgan fingerprint density at radius 3 is 1.67 bits per heavy atom. The third kappa shape index (κ3) is 26.1. The van der Waals surface area contributed by atoms with Crippen molar-refractivity contribution in [3.8, 4) is 0 Å². The molecule has 2 aromatic carbocycles. The van der Waals surface area contributed by atoms with Crippen molar-refractivity contribution in [1.82, 2.24) is 5.32 Å². The first-order chi connectivity index (χ1) is 18.8. The summed E-state index contributed by atoms with van der Waals surface area (Å²) in [5.41, 5.74) is 6.53. The van der Waals surface area contributed by atoms with Gasteiger partial charge in [0.05, 0.1) is 0 Å². The summed E-state index contributed by atoms with van der Waals surface area (Å²) in [4.78, 5) is 0. The van der Waals surface area contributed by atoms with E-state index in [4.69, 9.17) is 0 Å². The van der Waals surface area contributed by atoms with Gasteiger partial charge in [-0.15, -0.1) is 0 Å². The zero-order valence-electron chi connectivity index (χ0n) is 28.6. The molecule has 0 spiro atoms. The molecule has 0 saturated carbocycles. The highest BCUT2D eigenvalue weighted by molar-refractivity contribution is 5.81. The number of unbranched alkanes of at least 4 members (excludes halogenated alkanes) is 3. The normalized spacial score (nSPS) is 10.1. The van der Waals surface area contributed by atoms with Crippen LogP contribution in [0, 0.1) is 13.8 Å². The van der Waals surface area contributed by atoms with Gasteiger partial charge >= 0.3 is 0 Å². The number of nitrogens with one attached hydrogen (secondary N) is 1. The van der Waals surface area contributed by atoms with Crippen LogP contribution in [-0.4, -0.2) is 12.6 Å². The molecule has 1 heteroatoms. The number of aryl methyl sites for hydroxylation is 2. The van der Waals surface area contributed by atoms with E-state index < -0.39 is 0 Å². The summed E-state index contributed by atoms with van der Waals surface area (Å²) in [6.45, 7) is 27.2. The Kier molecular flexibility index (Phi) is 34.5. The molecule has 2 rings (SSSR count). The van der Waals surface area contributed by atoms with E-state index in [0.717, 1.165) is 6.04 Å². The number of rotatable bonds is 12. The molecule has 0 bridgehead atoms. The average Bonchev–Trinajstić information content (AvgIpc) is 2.96. The molecule has 0 aliphatic rings. The van der Waals surface area contributed by atoms with Gasteiger partial charge in [-0.05, 0) is 68.8 Å². The Hall–Kier alpha value is -1.86. The van der Waals surface area contributed by atoms with Gasteiger partial charge in [0.2, 0.25) is 0 Å². The number of hydrogen-bond acceptors (Lipinski definition) is 1. The van der Waals surface area contributed by atoms with Crippen molar-refractivity contribution in [2.45, 2.75) is 153 Å². The molecule has 0 atom stereocenters. The van der Waals surface area contributed by atoms with E-state index in [1.807, 2.05) is 13.8 Å². The number of allylic oxidation sites excluding steroid dienone is 1. The van der Waals surface area contributed by atoms with Gasteiger partial charge < -0.3 is 5.32 Å². The lowest BCUT2D eigenvalue weighted by molar-refractivity contribution is 0.439. The van der Waals surface area contributed by atoms with E-state index in [2.05, 4.69) is 129 Å². The van der Waals surface area contributed by atoms with E-state index in [1.165, 1.54) is 98.6 Å². The Labute approximate surface area is 247 Å². The molecule has 226 valence electrons. The molecule has 39 heavy (non-hydrogen) atoms. The Morgan fingerprint density at radius 2 is 1.23 bits per heavy atom. The predicted molar refractivity (Wildman–Crippen MR) is 185 cm³/mol. The zero-order chi connectivity index (χ0) is 30.3. The average molecular weight is 540 g/mol. The van der Waals surface area contributed by atoms with Crippen LogP contribution in [0.3, 0.4) is 0 Å². The minimum absolute atomic E-state index is 0.784. The largest absolute Gasteiger partial charge is 0.314 e. The van der Waals surface area contributed by atoms with Gasteiger partial charge in [-0.2, -0.15) is 0 Å². The second-order valence-corrected chi connectivity index (χ2v) is 10.1. The lowest BCUT2D eigenvalue weighted by Gasteiger charge is -2.16. The van der Waals surface area contributed by atoms with Crippen molar-refractivity contribution >= 4 is 11.6 Å². The van der Waals surface area contributed by atoms with E-state index >= 15 is 0 Å². The minimum Gasteiger partial charge on any atom is -0.314 e. The first-order valence-corrected chi connectivity index (χ1v) is 16.4. The second kappa shape index (κ2) is 32.4. The molecule has 0 aliphatic heterocycles. The number of hydrogen-bond donors (Lipinski definition) is 1. The maximum Gasteiger partial charge on any atom is 0.00668 e. The molecule has 0 unspecified atom stereocenters. The standard InChI is InChI=1S/C17H18.C11H25N.2C4H10.C2H6/c1-13-7-6-10-16(11-13)15(3)12-17-9-5-4-8-14(17)2;1-4-7-10-12-11(8-5-2)9-6-3;2*1-3-4-2;1-2/h4-12H,1-3H3;11-12H,4-10H2,1-3H3;2*3-4H2,1-2H3;1-2H3/b15-12+;;;;. The molecule has 0 radical (unpaired) electrons. The SMILES string of the molecule is C/C(=C\c1ccccc1C)c1cccc(C)c1.CC.CCCC.CCCC.CCCCNC(CCC)CCC. The molecule has 0 heterocycles. The van der Waals surface area contributed by atoms with Crippen molar-refractivity contribution in [3.05, 3.63) is 70.8 Å². The highest BCUT2D eigenvalue weighted by Gasteiger charge is 2.03. The Bertz CT molecular complexity index is 760. The van der Waals surface area contributed by atoms with Crippen LogP contribution >= 0.6 is 0 Å². The van der Waals surface area contributed by atoms with Crippen LogP contribution < -0.4 is 5.32 Å². The molecule has 0 aromatic heterocycles. The van der Waals surface area contributed by atoms with Crippen LogP contribution in [0.15, 0.2) is 48.5 Å². The van der Waals surface area contributed by atoms with Crippen molar-refractivity contribution in [3.63, 3.8) is 0 Å². The summed E-state index contributed by atoms with van der Waals surface area (Å²) in [6, 6.07) is 17.9. The smallest absolute Gasteiger partial charge is 0.00668 e. The zero-order valence-corrected chi connectivity index (χ0v) is 28.6. The van der Waals surface area contributed by atoms with Gasteiger partial charge in [-0.25, -0.2) is 0 Å². The minimum atomic E-state index is 0.784. The van der Waals surface area contributed by atoms with E-state index in [-0.39, 0.29) is 0 Å². The predicted octanol–water partition coefficient (Wildman–Crippen LogP) is 12.8. The summed E-state index contributed by atoms with van der Waals surface area (Å²) >= 11 is 0. The molecular weight excluding hydrogens is 470 g/mol. The van der Waals surface area contributed by atoms with E-state index in [9.17, 15) is 0 Å². The summed E-state index contributed by atoms with van der Waals surface area (Å²) in [5, 5.41) is 3.62. The van der Waals surface area contributed by atoms with Gasteiger partial charge in [0, 0.05) is 6.04 Å². The number of benzene rings is 2. The van der Waals surface area contributed by atoms with Crippen molar-refractivity contribution in [1.29, 1.82) is 0 Å². The Balaban J connectivity index is -0.000000513. The van der Waals surface area contributed by atoms with Gasteiger partial charge in [-0.1, -0.05) is 167 Å². The molecular formula is C38H69N. The molecule has 0 fully saturated rings. The van der Waals surface area contributed by atoms with Gasteiger partial charge in [-0.3, -0.25) is 0 Å². The first-order valence-electron chi connectivity index (χ1n) is 16.4. The summed E-state index contributed by atoms with van der Waals surface area (Å²) < 4.78 is 0. The highest BCUT2D eigenvalue weighted by atomic mass is 14.9. The fraction of sp³-hybridized carbons (Fsp3) is 0.632. The molecule has 0 saturated heterocycles. The van der Waals surface area contributed by atoms with Crippen molar-refractivity contribution < 1.29 is 0 Å².